The van der Waals surface area contributed by atoms with Gasteiger partial charge in [0.05, 0.1) is 6.61 Å². The largest absolute Gasteiger partial charge is 0.342 e. The molecular formula is C12H17BrN2O2. The first kappa shape index (κ1) is 12.6. The molecule has 0 radical (unpaired) electrons. The Morgan fingerprint density at radius 2 is 2.35 bits per heavy atom. The minimum atomic E-state index is -0.0381. The molecule has 1 aromatic rings. The lowest BCUT2D eigenvalue weighted by Crippen LogP contribution is -2.36. The molecule has 0 saturated carbocycles. The third kappa shape index (κ3) is 2.90. The molecule has 17 heavy (non-hydrogen) atoms. The van der Waals surface area contributed by atoms with Crippen LogP contribution in [0.4, 0.5) is 0 Å². The van der Waals surface area contributed by atoms with E-state index in [1.807, 2.05) is 16.8 Å². The molecule has 4 nitrogen and oxygen atoms in total. The zero-order valence-corrected chi connectivity index (χ0v) is 11.6. The maximum atomic E-state index is 12.3. The van der Waals surface area contributed by atoms with Gasteiger partial charge in [-0.05, 0) is 41.3 Å². The standard InChI is InChI=1S/C12H17BrN2O2/c1-2-5-14-9-10(13)8-11(14)12(16)15-6-3-4-7-17-15/h8-9H,2-7H2,1H3. The lowest BCUT2D eigenvalue weighted by molar-refractivity contribution is -0.144. The molecule has 1 amide bonds. The van der Waals surface area contributed by atoms with Crippen LogP contribution < -0.4 is 0 Å². The fourth-order valence-corrected chi connectivity index (χ4v) is 2.43. The van der Waals surface area contributed by atoms with E-state index in [0.29, 0.717) is 18.8 Å². The van der Waals surface area contributed by atoms with Crippen molar-refractivity contribution >= 4 is 21.8 Å². The van der Waals surface area contributed by atoms with Gasteiger partial charge >= 0.3 is 0 Å². The maximum Gasteiger partial charge on any atom is 0.294 e. The number of hydrogen-bond acceptors (Lipinski definition) is 2. The summed E-state index contributed by atoms with van der Waals surface area (Å²) in [6.45, 7) is 4.27. The summed E-state index contributed by atoms with van der Waals surface area (Å²) in [6.07, 6.45) is 4.99. The van der Waals surface area contributed by atoms with Crippen molar-refractivity contribution < 1.29 is 9.63 Å². The van der Waals surface area contributed by atoms with Gasteiger partial charge < -0.3 is 4.57 Å². The minimum absolute atomic E-state index is 0.0381. The second kappa shape index (κ2) is 5.69. The number of halogens is 1. The fourth-order valence-electron chi connectivity index (χ4n) is 1.96. The molecule has 0 atom stereocenters. The van der Waals surface area contributed by atoms with E-state index in [0.717, 1.165) is 30.3 Å². The van der Waals surface area contributed by atoms with Crippen molar-refractivity contribution in [1.82, 2.24) is 9.63 Å². The Morgan fingerprint density at radius 1 is 1.53 bits per heavy atom. The van der Waals surface area contributed by atoms with Crippen LogP contribution in [0.3, 0.4) is 0 Å². The lowest BCUT2D eigenvalue weighted by atomic mass is 10.3. The molecule has 0 N–H and O–H groups in total. The number of carbonyl (C=O) groups excluding carboxylic acids is 1. The molecule has 5 heteroatoms. The Hall–Kier alpha value is -0.810. The highest BCUT2D eigenvalue weighted by molar-refractivity contribution is 9.10. The molecule has 0 unspecified atom stereocenters. The van der Waals surface area contributed by atoms with Crippen LogP contribution in [0.1, 0.15) is 36.7 Å². The van der Waals surface area contributed by atoms with Gasteiger partial charge in [0.15, 0.2) is 0 Å². The first-order chi connectivity index (χ1) is 8.22. The summed E-state index contributed by atoms with van der Waals surface area (Å²) in [5.74, 6) is -0.0381. The molecule has 0 aliphatic carbocycles. The Kier molecular flexibility index (Phi) is 4.23. The summed E-state index contributed by atoms with van der Waals surface area (Å²) in [6, 6.07) is 1.86. The number of nitrogens with zero attached hydrogens (tertiary/aromatic N) is 2. The molecule has 1 aliphatic rings. The molecule has 0 bridgehead atoms. The second-order valence-electron chi connectivity index (χ2n) is 4.18. The summed E-state index contributed by atoms with van der Waals surface area (Å²) in [5, 5.41) is 1.48. The van der Waals surface area contributed by atoms with E-state index in [1.54, 1.807) is 0 Å². The molecule has 1 fully saturated rings. The zero-order chi connectivity index (χ0) is 12.3. The molecule has 0 aromatic carbocycles. The van der Waals surface area contributed by atoms with Gasteiger partial charge in [-0.15, -0.1) is 0 Å². The van der Waals surface area contributed by atoms with Crippen LogP contribution in [0.25, 0.3) is 0 Å². The van der Waals surface area contributed by atoms with Crippen LogP contribution in [0.2, 0.25) is 0 Å². The SMILES string of the molecule is CCCn1cc(Br)cc1C(=O)N1CCCCO1. The van der Waals surface area contributed by atoms with Crippen molar-refractivity contribution in [2.24, 2.45) is 0 Å². The minimum Gasteiger partial charge on any atom is -0.342 e. The quantitative estimate of drug-likeness (QED) is 0.860. The van der Waals surface area contributed by atoms with Crippen molar-refractivity contribution in [3.05, 3.63) is 22.4 Å². The van der Waals surface area contributed by atoms with Crippen molar-refractivity contribution in [3.63, 3.8) is 0 Å². The predicted molar refractivity (Wildman–Crippen MR) is 68.6 cm³/mol. The van der Waals surface area contributed by atoms with Crippen molar-refractivity contribution in [1.29, 1.82) is 0 Å². The smallest absolute Gasteiger partial charge is 0.294 e. The molecular weight excluding hydrogens is 284 g/mol. The van der Waals surface area contributed by atoms with Gasteiger partial charge in [-0.3, -0.25) is 9.63 Å². The Morgan fingerprint density at radius 3 is 3.00 bits per heavy atom. The van der Waals surface area contributed by atoms with E-state index in [-0.39, 0.29) is 5.91 Å². The number of hydrogen-bond donors (Lipinski definition) is 0. The van der Waals surface area contributed by atoms with Gasteiger partial charge in [-0.25, -0.2) is 5.06 Å². The molecule has 1 saturated heterocycles. The fraction of sp³-hybridized carbons (Fsp3) is 0.583. The van der Waals surface area contributed by atoms with Crippen LogP contribution in [-0.4, -0.2) is 28.7 Å². The van der Waals surface area contributed by atoms with E-state index in [2.05, 4.69) is 22.9 Å². The third-order valence-electron chi connectivity index (χ3n) is 2.78. The van der Waals surface area contributed by atoms with E-state index in [1.165, 1.54) is 5.06 Å². The summed E-state index contributed by atoms with van der Waals surface area (Å²) in [4.78, 5) is 17.7. The monoisotopic (exact) mass is 300 g/mol. The number of amides is 1. The summed E-state index contributed by atoms with van der Waals surface area (Å²) < 4.78 is 2.91. The van der Waals surface area contributed by atoms with Crippen LogP contribution >= 0.6 is 15.9 Å². The summed E-state index contributed by atoms with van der Waals surface area (Å²) in [7, 11) is 0. The van der Waals surface area contributed by atoms with E-state index < -0.39 is 0 Å². The zero-order valence-electron chi connectivity index (χ0n) is 9.99. The van der Waals surface area contributed by atoms with Gasteiger partial charge in [0.25, 0.3) is 5.91 Å². The van der Waals surface area contributed by atoms with Crippen molar-refractivity contribution in [2.75, 3.05) is 13.2 Å². The van der Waals surface area contributed by atoms with Crippen molar-refractivity contribution in [3.8, 4) is 0 Å². The van der Waals surface area contributed by atoms with Gasteiger partial charge in [0, 0.05) is 23.8 Å². The number of aryl methyl sites for hydroxylation is 1. The van der Waals surface area contributed by atoms with Gasteiger partial charge in [-0.2, -0.15) is 0 Å². The normalized spacial score (nSPS) is 16.2. The predicted octanol–water partition coefficient (Wildman–Crippen LogP) is 2.83. The van der Waals surface area contributed by atoms with Gasteiger partial charge in [-0.1, -0.05) is 6.92 Å². The molecule has 1 aliphatic heterocycles. The number of hydroxylamine groups is 2. The van der Waals surface area contributed by atoms with Crippen LogP contribution in [0.5, 0.6) is 0 Å². The maximum absolute atomic E-state index is 12.3. The number of rotatable bonds is 3. The van der Waals surface area contributed by atoms with E-state index >= 15 is 0 Å². The van der Waals surface area contributed by atoms with E-state index in [9.17, 15) is 4.79 Å². The molecule has 2 heterocycles. The third-order valence-corrected chi connectivity index (χ3v) is 3.21. The lowest BCUT2D eigenvalue weighted by Gasteiger charge is -2.26. The summed E-state index contributed by atoms with van der Waals surface area (Å²) in [5.41, 5.74) is 0.695. The topological polar surface area (TPSA) is 34.5 Å². The van der Waals surface area contributed by atoms with Gasteiger partial charge in [0.1, 0.15) is 5.69 Å². The highest BCUT2D eigenvalue weighted by Crippen LogP contribution is 2.19. The Bertz CT molecular complexity index is 397. The first-order valence-corrected chi connectivity index (χ1v) is 6.82. The highest BCUT2D eigenvalue weighted by atomic mass is 79.9. The average molecular weight is 301 g/mol. The molecule has 94 valence electrons. The first-order valence-electron chi connectivity index (χ1n) is 6.03. The van der Waals surface area contributed by atoms with Crippen LogP contribution in [0.15, 0.2) is 16.7 Å². The Balaban J connectivity index is 2.16. The van der Waals surface area contributed by atoms with E-state index in [4.69, 9.17) is 4.84 Å². The number of carbonyl (C=O) groups is 1. The molecule has 0 spiro atoms. The van der Waals surface area contributed by atoms with Crippen molar-refractivity contribution in [2.45, 2.75) is 32.7 Å². The van der Waals surface area contributed by atoms with Gasteiger partial charge in [0.2, 0.25) is 0 Å². The second-order valence-corrected chi connectivity index (χ2v) is 5.10. The highest BCUT2D eigenvalue weighted by Gasteiger charge is 2.22. The summed E-state index contributed by atoms with van der Waals surface area (Å²) >= 11 is 3.41. The molecule has 2 rings (SSSR count). The average Bonchev–Trinajstić information content (AvgIpc) is 2.71. The number of aromatic nitrogens is 1. The Labute approximate surface area is 110 Å². The molecule has 1 aromatic heterocycles. The van der Waals surface area contributed by atoms with Crippen LogP contribution in [0, 0.1) is 0 Å². The van der Waals surface area contributed by atoms with Crippen LogP contribution in [-0.2, 0) is 11.4 Å².